The van der Waals surface area contributed by atoms with Crippen LogP contribution < -0.4 is 5.32 Å². The van der Waals surface area contributed by atoms with Crippen LogP contribution in [0.3, 0.4) is 0 Å². The number of rotatable bonds is 2. The van der Waals surface area contributed by atoms with Gasteiger partial charge in [0.05, 0.1) is 24.9 Å². The third kappa shape index (κ3) is 2.16. The molecule has 1 unspecified atom stereocenters. The zero-order valence-electron chi connectivity index (χ0n) is 9.84. The van der Waals surface area contributed by atoms with E-state index >= 15 is 0 Å². The van der Waals surface area contributed by atoms with E-state index in [9.17, 15) is 9.90 Å². The molecule has 1 aliphatic rings. The third-order valence-electron chi connectivity index (χ3n) is 2.97. The van der Waals surface area contributed by atoms with Crippen molar-refractivity contribution in [2.45, 2.75) is 6.04 Å². The molecule has 3 rings (SSSR count). The van der Waals surface area contributed by atoms with Crippen LogP contribution >= 0.6 is 11.6 Å². The lowest BCUT2D eigenvalue weighted by molar-refractivity contribution is 0.0664. The summed E-state index contributed by atoms with van der Waals surface area (Å²) in [7, 11) is 0. The van der Waals surface area contributed by atoms with Gasteiger partial charge in [0.15, 0.2) is 10.8 Å². The van der Waals surface area contributed by atoms with Crippen molar-refractivity contribution in [2.24, 2.45) is 0 Å². The van der Waals surface area contributed by atoms with Crippen LogP contribution in [0, 0.1) is 0 Å². The molecule has 1 aliphatic heterocycles. The molecule has 0 aliphatic carbocycles. The summed E-state index contributed by atoms with van der Waals surface area (Å²) >= 11 is 5.85. The van der Waals surface area contributed by atoms with Crippen LogP contribution in [0.2, 0.25) is 5.15 Å². The number of carboxylic acid groups (broad SMARTS) is 1. The Hall–Kier alpha value is -1.70. The molecule has 0 saturated carbocycles. The van der Waals surface area contributed by atoms with Gasteiger partial charge in [0.2, 0.25) is 0 Å². The number of aromatic nitrogens is 3. The normalized spacial score (nSPS) is 19.7. The molecule has 7 nitrogen and oxygen atoms in total. The maximum atomic E-state index is 11.3. The molecule has 2 N–H and O–H groups in total. The lowest BCUT2D eigenvalue weighted by Crippen LogP contribution is -2.37. The summed E-state index contributed by atoms with van der Waals surface area (Å²) in [5.41, 5.74) is 1.11. The van der Waals surface area contributed by atoms with E-state index in [1.807, 2.05) is 0 Å². The van der Waals surface area contributed by atoms with Gasteiger partial charge < -0.3 is 15.2 Å². The lowest BCUT2D eigenvalue weighted by atomic mass is 10.1. The number of halogens is 1. The van der Waals surface area contributed by atoms with Crippen LogP contribution in [0.25, 0.3) is 5.65 Å². The van der Waals surface area contributed by atoms with Crippen LogP contribution in [0.4, 0.5) is 0 Å². The number of ether oxygens (including phenoxy) is 1. The zero-order chi connectivity index (χ0) is 13.4. The Morgan fingerprint density at radius 3 is 3.16 bits per heavy atom. The molecule has 0 amide bonds. The Kier molecular flexibility index (Phi) is 3.09. The second-order valence-electron chi connectivity index (χ2n) is 4.18. The smallest absolute Gasteiger partial charge is 0.339 e. The minimum atomic E-state index is -1.05. The van der Waals surface area contributed by atoms with E-state index in [-0.39, 0.29) is 16.8 Å². The fraction of sp³-hybridized carbons (Fsp3) is 0.364. The first-order chi connectivity index (χ1) is 9.16. The van der Waals surface area contributed by atoms with Crippen molar-refractivity contribution in [1.29, 1.82) is 0 Å². The topological polar surface area (TPSA) is 88.8 Å². The summed E-state index contributed by atoms with van der Waals surface area (Å²) in [6.07, 6.45) is 1.32. The van der Waals surface area contributed by atoms with Crippen molar-refractivity contribution in [1.82, 2.24) is 19.9 Å². The Labute approximate surface area is 113 Å². The molecule has 0 radical (unpaired) electrons. The van der Waals surface area contributed by atoms with Crippen molar-refractivity contribution >= 4 is 23.2 Å². The second-order valence-corrected chi connectivity index (χ2v) is 4.57. The fourth-order valence-corrected chi connectivity index (χ4v) is 2.34. The Bertz CT molecular complexity index is 636. The molecule has 0 spiro atoms. The molecule has 2 aromatic rings. The summed E-state index contributed by atoms with van der Waals surface area (Å²) in [6, 6.07) is 1.33. The van der Waals surface area contributed by atoms with Crippen molar-refractivity contribution in [3.8, 4) is 0 Å². The highest BCUT2D eigenvalue weighted by atomic mass is 35.5. The number of morpholine rings is 1. The Morgan fingerprint density at radius 2 is 2.47 bits per heavy atom. The SMILES string of the molecule is O=C(O)c1cnc2cc(Cl)nn2c1C1COCCN1. The minimum absolute atomic E-state index is 0.0928. The summed E-state index contributed by atoms with van der Waals surface area (Å²) in [5, 5.41) is 16.9. The van der Waals surface area contributed by atoms with E-state index in [1.54, 1.807) is 6.07 Å². The predicted octanol–water partition coefficient (Wildman–Crippen LogP) is 0.742. The molecule has 8 heteroatoms. The van der Waals surface area contributed by atoms with Gasteiger partial charge in [-0.15, -0.1) is 0 Å². The number of nitrogens with one attached hydrogen (secondary N) is 1. The van der Waals surface area contributed by atoms with Crippen LogP contribution in [0.1, 0.15) is 22.1 Å². The molecule has 19 heavy (non-hydrogen) atoms. The van der Waals surface area contributed by atoms with Gasteiger partial charge in [-0.05, 0) is 0 Å². The van der Waals surface area contributed by atoms with Gasteiger partial charge >= 0.3 is 5.97 Å². The van der Waals surface area contributed by atoms with Crippen molar-refractivity contribution in [3.63, 3.8) is 0 Å². The van der Waals surface area contributed by atoms with Crippen LogP contribution in [0.5, 0.6) is 0 Å². The van der Waals surface area contributed by atoms with Crippen molar-refractivity contribution < 1.29 is 14.6 Å². The van der Waals surface area contributed by atoms with E-state index in [4.69, 9.17) is 16.3 Å². The van der Waals surface area contributed by atoms with Gasteiger partial charge in [0, 0.05) is 18.8 Å². The Balaban J connectivity index is 2.21. The Morgan fingerprint density at radius 1 is 1.63 bits per heavy atom. The first-order valence-electron chi connectivity index (χ1n) is 5.75. The molecular formula is C11H11ClN4O3. The van der Waals surface area contributed by atoms with Crippen molar-refractivity contribution in [2.75, 3.05) is 19.8 Å². The van der Waals surface area contributed by atoms with Crippen LogP contribution in [0.15, 0.2) is 12.3 Å². The molecule has 0 aromatic carbocycles. The average molecular weight is 283 g/mol. The summed E-state index contributed by atoms with van der Waals surface area (Å²) in [4.78, 5) is 15.4. The molecule has 1 fully saturated rings. The van der Waals surface area contributed by atoms with E-state index in [0.29, 0.717) is 31.1 Å². The molecule has 2 aromatic heterocycles. The number of nitrogens with zero attached hydrogens (tertiary/aromatic N) is 3. The highest BCUT2D eigenvalue weighted by Gasteiger charge is 2.25. The summed E-state index contributed by atoms with van der Waals surface area (Å²) < 4.78 is 6.83. The first kappa shape index (κ1) is 12.3. The molecule has 1 saturated heterocycles. The second kappa shape index (κ2) is 4.76. The molecule has 3 heterocycles. The van der Waals surface area contributed by atoms with Gasteiger partial charge in [0.1, 0.15) is 5.56 Å². The number of aromatic carboxylic acids is 1. The number of hydrogen-bond donors (Lipinski definition) is 2. The largest absolute Gasteiger partial charge is 0.478 e. The molecule has 0 bridgehead atoms. The summed E-state index contributed by atoms with van der Waals surface area (Å²) in [6.45, 7) is 1.65. The molecule has 1 atom stereocenters. The third-order valence-corrected chi connectivity index (χ3v) is 3.16. The van der Waals surface area contributed by atoms with Gasteiger partial charge in [0.25, 0.3) is 0 Å². The fourth-order valence-electron chi connectivity index (χ4n) is 2.16. The van der Waals surface area contributed by atoms with Gasteiger partial charge in [-0.2, -0.15) is 5.10 Å². The number of carbonyl (C=O) groups is 1. The summed E-state index contributed by atoms with van der Waals surface area (Å²) in [5.74, 6) is -1.05. The molecular weight excluding hydrogens is 272 g/mol. The van der Waals surface area contributed by atoms with E-state index in [1.165, 1.54) is 10.7 Å². The van der Waals surface area contributed by atoms with Gasteiger partial charge in [-0.25, -0.2) is 14.3 Å². The van der Waals surface area contributed by atoms with Gasteiger partial charge in [-0.1, -0.05) is 11.6 Å². The average Bonchev–Trinajstić information content (AvgIpc) is 2.78. The zero-order valence-corrected chi connectivity index (χ0v) is 10.6. The highest BCUT2D eigenvalue weighted by molar-refractivity contribution is 6.29. The van der Waals surface area contributed by atoms with Crippen LogP contribution in [-0.4, -0.2) is 45.4 Å². The maximum absolute atomic E-state index is 11.3. The van der Waals surface area contributed by atoms with Crippen molar-refractivity contribution in [3.05, 3.63) is 28.7 Å². The predicted molar refractivity (Wildman–Crippen MR) is 66.5 cm³/mol. The number of fused-ring (bicyclic) bond motifs is 1. The lowest BCUT2D eigenvalue weighted by Gasteiger charge is -2.25. The van der Waals surface area contributed by atoms with E-state index in [2.05, 4.69) is 15.4 Å². The number of carboxylic acids is 1. The highest BCUT2D eigenvalue weighted by Crippen LogP contribution is 2.22. The number of hydrogen-bond acceptors (Lipinski definition) is 5. The quantitative estimate of drug-likeness (QED) is 0.845. The van der Waals surface area contributed by atoms with Gasteiger partial charge in [-0.3, -0.25) is 0 Å². The van der Waals surface area contributed by atoms with E-state index in [0.717, 1.165) is 0 Å². The molecule has 100 valence electrons. The van der Waals surface area contributed by atoms with Crippen LogP contribution in [-0.2, 0) is 4.74 Å². The standard InChI is InChI=1S/C11H11ClN4O3/c12-8-3-9-14-4-6(11(17)18)10(16(9)15-8)7-5-19-2-1-13-7/h3-4,7,13H,1-2,5H2,(H,17,18). The van der Waals surface area contributed by atoms with E-state index < -0.39 is 5.97 Å². The minimum Gasteiger partial charge on any atom is -0.478 e. The first-order valence-corrected chi connectivity index (χ1v) is 6.13. The maximum Gasteiger partial charge on any atom is 0.339 e. The monoisotopic (exact) mass is 282 g/mol.